The van der Waals surface area contributed by atoms with Gasteiger partial charge in [-0.2, -0.15) is 4.52 Å². The number of carbonyl (C=O) groups excluding carboxylic acids is 1. The largest absolute Gasteiger partial charge is 0.466 e. The van der Waals surface area contributed by atoms with Gasteiger partial charge >= 0.3 is 5.97 Å². The highest BCUT2D eigenvalue weighted by Gasteiger charge is 2.31. The zero-order valence-corrected chi connectivity index (χ0v) is 20.6. The van der Waals surface area contributed by atoms with Gasteiger partial charge in [0.05, 0.1) is 27.6 Å². The van der Waals surface area contributed by atoms with Crippen LogP contribution in [0.2, 0.25) is 0 Å². The SMILES string of the molecule is CCOC(=O)[C@@H]1CCCN(c2nc3c(S(=O)(=O)c4ccc(CC)cc4)nnn3c3ccsc23)C1. The summed E-state index contributed by atoms with van der Waals surface area (Å²) in [6, 6.07) is 8.68. The minimum Gasteiger partial charge on any atom is -0.466 e. The number of aryl methyl sites for hydroxylation is 1. The van der Waals surface area contributed by atoms with E-state index >= 15 is 0 Å². The van der Waals surface area contributed by atoms with Crippen LogP contribution in [0.5, 0.6) is 0 Å². The van der Waals surface area contributed by atoms with Crippen molar-refractivity contribution in [3.05, 3.63) is 41.3 Å². The molecule has 178 valence electrons. The fourth-order valence-electron chi connectivity index (χ4n) is 4.33. The zero-order valence-electron chi connectivity index (χ0n) is 19.0. The first kappa shape index (κ1) is 22.7. The van der Waals surface area contributed by atoms with E-state index in [4.69, 9.17) is 9.72 Å². The fraction of sp³-hybridized carbons (Fsp3) is 0.391. The van der Waals surface area contributed by atoms with Crippen molar-refractivity contribution >= 4 is 48.8 Å². The van der Waals surface area contributed by atoms with E-state index in [1.54, 1.807) is 31.2 Å². The molecule has 0 bridgehead atoms. The Hall–Kier alpha value is -3.05. The van der Waals surface area contributed by atoms with Crippen molar-refractivity contribution in [1.82, 2.24) is 19.8 Å². The summed E-state index contributed by atoms with van der Waals surface area (Å²) < 4.78 is 34.5. The quantitative estimate of drug-likeness (QED) is 0.371. The number of nitrogens with zero attached hydrogens (tertiary/aromatic N) is 5. The second-order valence-corrected chi connectivity index (χ2v) is 11.0. The van der Waals surface area contributed by atoms with Gasteiger partial charge in [-0.1, -0.05) is 24.3 Å². The average Bonchev–Trinajstić information content (AvgIpc) is 3.51. The molecule has 0 N–H and O–H groups in total. The molecule has 1 aromatic carbocycles. The van der Waals surface area contributed by atoms with E-state index in [0.717, 1.165) is 35.0 Å². The summed E-state index contributed by atoms with van der Waals surface area (Å²) in [4.78, 5) is 19.3. The predicted molar refractivity (Wildman–Crippen MR) is 129 cm³/mol. The summed E-state index contributed by atoms with van der Waals surface area (Å²) in [6.45, 7) is 5.34. The van der Waals surface area contributed by atoms with Crippen LogP contribution >= 0.6 is 11.3 Å². The highest BCUT2D eigenvalue weighted by atomic mass is 32.2. The highest BCUT2D eigenvalue weighted by molar-refractivity contribution is 7.91. The van der Waals surface area contributed by atoms with Crippen LogP contribution in [0, 0.1) is 5.92 Å². The number of aromatic nitrogens is 4. The maximum absolute atomic E-state index is 13.5. The fourth-order valence-corrected chi connectivity index (χ4v) is 6.46. The number of rotatable bonds is 6. The van der Waals surface area contributed by atoms with E-state index in [2.05, 4.69) is 10.3 Å². The van der Waals surface area contributed by atoms with Gasteiger partial charge in [0.25, 0.3) is 0 Å². The number of hydrogen-bond donors (Lipinski definition) is 0. The smallest absolute Gasteiger partial charge is 0.310 e. The van der Waals surface area contributed by atoms with Gasteiger partial charge in [-0.15, -0.1) is 16.4 Å². The number of thiophene rings is 1. The number of piperidine rings is 1. The molecular weight excluding hydrogens is 474 g/mol. The Kier molecular flexibility index (Phi) is 5.98. The normalized spacial score (nSPS) is 16.9. The lowest BCUT2D eigenvalue weighted by Crippen LogP contribution is -2.40. The van der Waals surface area contributed by atoms with Gasteiger partial charge in [0.1, 0.15) is 0 Å². The van der Waals surface area contributed by atoms with Gasteiger partial charge in [0.2, 0.25) is 14.9 Å². The molecule has 0 unspecified atom stereocenters. The molecule has 11 heteroatoms. The highest BCUT2D eigenvalue weighted by Crippen LogP contribution is 2.35. The van der Waals surface area contributed by atoms with Crippen molar-refractivity contribution in [3.8, 4) is 0 Å². The van der Waals surface area contributed by atoms with Crippen molar-refractivity contribution in [3.63, 3.8) is 0 Å². The first-order valence-corrected chi connectivity index (χ1v) is 13.7. The van der Waals surface area contributed by atoms with Crippen molar-refractivity contribution in [2.75, 3.05) is 24.6 Å². The van der Waals surface area contributed by atoms with Crippen molar-refractivity contribution in [1.29, 1.82) is 0 Å². The molecule has 5 rings (SSSR count). The lowest BCUT2D eigenvalue weighted by molar-refractivity contribution is -0.148. The average molecular weight is 500 g/mol. The van der Waals surface area contributed by atoms with Crippen LogP contribution in [0.25, 0.3) is 15.9 Å². The van der Waals surface area contributed by atoms with Crippen LogP contribution in [0.3, 0.4) is 0 Å². The van der Waals surface area contributed by atoms with E-state index < -0.39 is 9.84 Å². The second kappa shape index (κ2) is 8.95. The third kappa shape index (κ3) is 3.82. The Morgan fingerprint density at radius 3 is 2.74 bits per heavy atom. The number of fused-ring (bicyclic) bond motifs is 3. The van der Waals surface area contributed by atoms with Crippen molar-refractivity contribution < 1.29 is 17.9 Å². The Balaban J connectivity index is 1.61. The van der Waals surface area contributed by atoms with Gasteiger partial charge in [-0.25, -0.2) is 13.4 Å². The Bertz CT molecular complexity index is 1460. The zero-order chi connectivity index (χ0) is 23.9. The minimum absolute atomic E-state index is 0.154. The molecule has 4 heterocycles. The maximum Gasteiger partial charge on any atom is 0.310 e. The number of esters is 1. The summed E-state index contributed by atoms with van der Waals surface area (Å²) in [5.41, 5.74) is 1.96. The number of anilines is 1. The third-order valence-corrected chi connectivity index (χ3v) is 8.71. The second-order valence-electron chi connectivity index (χ2n) is 8.24. The van der Waals surface area contributed by atoms with E-state index in [-0.39, 0.29) is 27.5 Å². The van der Waals surface area contributed by atoms with Gasteiger partial charge in [0.15, 0.2) is 11.5 Å². The Morgan fingerprint density at radius 2 is 2.00 bits per heavy atom. The molecule has 0 spiro atoms. The summed E-state index contributed by atoms with van der Waals surface area (Å²) in [5.74, 6) is 0.192. The monoisotopic (exact) mass is 499 g/mol. The summed E-state index contributed by atoms with van der Waals surface area (Å²) in [5, 5.41) is 9.92. The number of carbonyl (C=O) groups is 1. The molecule has 3 aromatic heterocycles. The van der Waals surface area contributed by atoms with Crippen LogP contribution in [0.4, 0.5) is 5.82 Å². The van der Waals surface area contributed by atoms with Crippen LogP contribution in [0.15, 0.2) is 45.6 Å². The molecular formula is C23H25N5O4S2. The standard InChI is InChI=1S/C23H25N5O4S2/c1-3-15-7-9-17(10-8-15)34(30,31)22-21-24-20(19-18(11-13-33-19)28(21)26-25-22)27-12-5-6-16(14-27)23(29)32-4-2/h7-11,13,16H,3-6,12,14H2,1-2H3/t16-/m1/s1. The molecule has 1 aliphatic rings. The van der Waals surface area contributed by atoms with Crippen molar-refractivity contribution in [2.24, 2.45) is 5.92 Å². The van der Waals surface area contributed by atoms with Crippen LogP contribution in [0.1, 0.15) is 32.3 Å². The van der Waals surface area contributed by atoms with Crippen LogP contribution in [-0.2, 0) is 25.8 Å². The summed E-state index contributed by atoms with van der Waals surface area (Å²) in [7, 11) is -3.92. The molecule has 1 atom stereocenters. The maximum atomic E-state index is 13.5. The van der Waals surface area contributed by atoms with Crippen LogP contribution in [-0.4, -0.2) is 53.9 Å². The molecule has 34 heavy (non-hydrogen) atoms. The van der Waals surface area contributed by atoms with Gasteiger partial charge in [-0.3, -0.25) is 4.79 Å². The number of benzene rings is 1. The minimum atomic E-state index is -3.92. The lowest BCUT2D eigenvalue weighted by atomic mass is 9.98. The molecule has 9 nitrogen and oxygen atoms in total. The van der Waals surface area contributed by atoms with Gasteiger partial charge in [0, 0.05) is 13.1 Å². The van der Waals surface area contributed by atoms with E-state index in [1.165, 1.54) is 15.9 Å². The topological polar surface area (TPSA) is 107 Å². The summed E-state index contributed by atoms with van der Waals surface area (Å²) >= 11 is 1.50. The number of hydrogen-bond acceptors (Lipinski definition) is 9. The number of ether oxygens (including phenoxy) is 1. The van der Waals surface area contributed by atoms with Crippen molar-refractivity contribution in [2.45, 2.75) is 43.0 Å². The molecule has 1 aliphatic heterocycles. The molecule has 0 saturated carbocycles. The predicted octanol–water partition coefficient (Wildman–Crippen LogP) is 3.51. The molecule has 0 radical (unpaired) electrons. The molecule has 0 aliphatic carbocycles. The van der Waals surface area contributed by atoms with E-state index in [9.17, 15) is 13.2 Å². The van der Waals surface area contributed by atoms with Crippen LogP contribution < -0.4 is 4.90 Å². The van der Waals surface area contributed by atoms with E-state index in [0.29, 0.717) is 25.5 Å². The molecule has 0 amide bonds. The Labute approximate surface area is 201 Å². The molecule has 1 fully saturated rings. The third-order valence-electron chi connectivity index (χ3n) is 6.14. The first-order chi connectivity index (χ1) is 16.4. The van der Waals surface area contributed by atoms with Gasteiger partial charge < -0.3 is 9.64 Å². The van der Waals surface area contributed by atoms with E-state index in [1.807, 2.05) is 23.3 Å². The number of sulfone groups is 1. The van der Waals surface area contributed by atoms with Gasteiger partial charge in [-0.05, 0) is 55.3 Å². The lowest BCUT2D eigenvalue weighted by Gasteiger charge is -2.32. The Morgan fingerprint density at radius 1 is 1.21 bits per heavy atom. The first-order valence-electron chi connectivity index (χ1n) is 11.3. The summed E-state index contributed by atoms with van der Waals surface area (Å²) in [6.07, 6.45) is 2.39. The molecule has 4 aromatic rings. The molecule has 1 saturated heterocycles.